The molecule has 3 nitrogen and oxygen atoms in total. The summed E-state index contributed by atoms with van der Waals surface area (Å²) in [5.74, 6) is 0. The first-order valence-corrected chi connectivity index (χ1v) is 8.55. The first-order chi connectivity index (χ1) is 13.2. The van der Waals surface area contributed by atoms with Gasteiger partial charge in [-0.3, -0.25) is 0 Å². The molecule has 0 aliphatic rings. The Morgan fingerprint density at radius 2 is 1.11 bits per heavy atom. The van der Waals surface area contributed by atoms with Gasteiger partial charge < -0.3 is 0 Å². The lowest BCUT2D eigenvalue weighted by Gasteiger charge is -1.99. The van der Waals surface area contributed by atoms with E-state index >= 15 is 0 Å². The molecule has 0 amide bonds. The number of hydrogen-bond donors (Lipinski definition) is 0. The molecule has 0 atom stereocenters. The summed E-state index contributed by atoms with van der Waals surface area (Å²) in [4.78, 5) is 0. The molecular weight excluding hydrogens is 330 g/mol. The van der Waals surface area contributed by atoms with Crippen molar-refractivity contribution in [2.24, 2.45) is 7.05 Å². The number of nitrogens with zero attached hydrogens (tertiary/aromatic N) is 3. The van der Waals surface area contributed by atoms with Crippen LogP contribution in [0.25, 0.3) is 24.3 Å². The lowest BCUT2D eigenvalue weighted by atomic mass is 10.1. The van der Waals surface area contributed by atoms with E-state index in [-0.39, 0.29) is 0 Å². The van der Waals surface area contributed by atoms with Gasteiger partial charge in [-0.25, -0.2) is 0 Å². The van der Waals surface area contributed by atoms with Crippen LogP contribution >= 0.6 is 0 Å². The fourth-order valence-corrected chi connectivity index (χ4v) is 2.74. The summed E-state index contributed by atoms with van der Waals surface area (Å²) >= 11 is 0. The molecule has 0 unspecified atom stereocenters. The molecule has 2 aromatic carbocycles. The Morgan fingerprint density at radius 1 is 0.667 bits per heavy atom. The van der Waals surface area contributed by atoms with Gasteiger partial charge in [-0.15, -0.1) is 0 Å². The van der Waals surface area contributed by atoms with E-state index in [9.17, 15) is 0 Å². The Morgan fingerprint density at radius 3 is 1.56 bits per heavy atom. The molecule has 0 bridgehead atoms. The van der Waals surface area contributed by atoms with Gasteiger partial charge in [-0.05, 0) is 53.6 Å². The van der Waals surface area contributed by atoms with Crippen LogP contribution < -0.4 is 4.57 Å². The van der Waals surface area contributed by atoms with Crippen molar-refractivity contribution in [2.75, 3.05) is 0 Å². The maximum absolute atomic E-state index is 9.01. The van der Waals surface area contributed by atoms with E-state index in [0.29, 0.717) is 11.1 Å². The Balaban J connectivity index is 1.85. The van der Waals surface area contributed by atoms with Crippen LogP contribution in [0.4, 0.5) is 0 Å². The van der Waals surface area contributed by atoms with Crippen molar-refractivity contribution in [3.05, 3.63) is 100 Å². The van der Waals surface area contributed by atoms with Crippen LogP contribution in [0.3, 0.4) is 0 Å². The Bertz CT molecular complexity index is 1020. The fraction of sp³-hybridized carbons (Fsp3) is 0.0417. The van der Waals surface area contributed by atoms with Gasteiger partial charge >= 0.3 is 0 Å². The normalized spacial score (nSPS) is 10.8. The quantitative estimate of drug-likeness (QED) is 0.647. The topological polar surface area (TPSA) is 51.5 Å². The molecule has 0 aliphatic carbocycles. The van der Waals surface area contributed by atoms with E-state index < -0.39 is 0 Å². The van der Waals surface area contributed by atoms with E-state index in [1.807, 2.05) is 85.9 Å². The predicted molar refractivity (Wildman–Crippen MR) is 108 cm³/mol. The minimum absolute atomic E-state index is 0.651. The largest absolute Gasteiger partial charge is 0.205 e. The lowest BCUT2D eigenvalue weighted by Crippen LogP contribution is -2.35. The van der Waals surface area contributed by atoms with Gasteiger partial charge in [0.25, 0.3) is 0 Å². The second-order valence-corrected chi connectivity index (χ2v) is 6.08. The first kappa shape index (κ1) is 17.9. The zero-order valence-corrected chi connectivity index (χ0v) is 15.0. The highest BCUT2D eigenvalue weighted by Gasteiger charge is 2.07. The molecule has 0 N–H and O–H groups in total. The highest BCUT2D eigenvalue weighted by atomic mass is 14.9. The Kier molecular flexibility index (Phi) is 5.57. The van der Waals surface area contributed by atoms with E-state index in [4.69, 9.17) is 10.5 Å². The van der Waals surface area contributed by atoms with Gasteiger partial charge in [-0.1, -0.05) is 24.3 Å². The summed E-state index contributed by atoms with van der Waals surface area (Å²) in [6.07, 6.45) is 8.06. The minimum atomic E-state index is 0.651. The molecule has 0 fully saturated rings. The monoisotopic (exact) mass is 348 g/mol. The number of rotatable bonds is 4. The van der Waals surface area contributed by atoms with Crippen LogP contribution in [0.5, 0.6) is 0 Å². The van der Waals surface area contributed by atoms with Crippen molar-refractivity contribution in [2.45, 2.75) is 0 Å². The fourth-order valence-electron chi connectivity index (χ4n) is 2.74. The van der Waals surface area contributed by atoms with Gasteiger partial charge in [0, 0.05) is 24.3 Å². The lowest BCUT2D eigenvalue weighted by molar-refractivity contribution is -0.675. The summed E-state index contributed by atoms with van der Waals surface area (Å²) < 4.78 is 2.09. The van der Waals surface area contributed by atoms with Gasteiger partial charge in [0.05, 0.1) is 23.3 Å². The summed E-state index contributed by atoms with van der Waals surface area (Å²) in [6.45, 7) is 0. The molecule has 1 aromatic heterocycles. The highest BCUT2D eigenvalue weighted by molar-refractivity contribution is 5.70. The molecule has 27 heavy (non-hydrogen) atoms. The zero-order valence-electron chi connectivity index (χ0n) is 15.0. The number of hydrogen-bond acceptors (Lipinski definition) is 2. The summed E-state index contributed by atoms with van der Waals surface area (Å²) in [7, 11) is 2.01. The standard InChI is InChI=1S/C24H18N3/c1-27-23(13-11-19-5-2-7-21(15-19)17-25)9-4-10-24(27)14-12-20-6-3-8-22(16-20)18-26/h2-16H,1H3/q+1/b13-11+,14-12+. The molecule has 0 aliphatic heterocycles. The van der Waals surface area contributed by atoms with Crippen molar-refractivity contribution in [3.63, 3.8) is 0 Å². The Hall–Kier alpha value is -3.95. The van der Waals surface area contributed by atoms with Crippen molar-refractivity contribution in [3.8, 4) is 12.1 Å². The summed E-state index contributed by atoms with van der Waals surface area (Å²) in [5.41, 5.74) is 5.37. The molecule has 3 rings (SSSR count). The molecular formula is C24H18N3+. The maximum Gasteiger partial charge on any atom is 0.205 e. The summed E-state index contributed by atoms with van der Waals surface area (Å²) in [5, 5.41) is 18.0. The second kappa shape index (κ2) is 8.43. The van der Waals surface area contributed by atoms with Crippen LogP contribution in [-0.4, -0.2) is 0 Å². The Labute approximate surface area is 159 Å². The minimum Gasteiger partial charge on any atom is -0.195 e. The van der Waals surface area contributed by atoms with Crippen LogP contribution in [0, 0.1) is 22.7 Å². The van der Waals surface area contributed by atoms with Gasteiger partial charge in [-0.2, -0.15) is 15.1 Å². The van der Waals surface area contributed by atoms with E-state index in [1.165, 1.54) is 0 Å². The van der Waals surface area contributed by atoms with Crippen LogP contribution in [-0.2, 0) is 7.05 Å². The molecule has 3 aromatic rings. The van der Waals surface area contributed by atoms with Crippen molar-refractivity contribution < 1.29 is 4.57 Å². The third-order valence-corrected chi connectivity index (χ3v) is 4.23. The molecule has 0 radical (unpaired) electrons. The SMILES string of the molecule is C[n+]1c(/C=C/c2cccc(C#N)c2)cccc1/C=C/c1cccc(C#N)c1. The van der Waals surface area contributed by atoms with Crippen LogP contribution in [0.1, 0.15) is 33.6 Å². The number of pyridine rings is 1. The first-order valence-electron chi connectivity index (χ1n) is 8.55. The number of benzene rings is 2. The van der Waals surface area contributed by atoms with Crippen molar-refractivity contribution >= 4 is 24.3 Å². The maximum atomic E-state index is 9.01. The number of nitriles is 2. The van der Waals surface area contributed by atoms with E-state index in [0.717, 1.165) is 22.5 Å². The van der Waals surface area contributed by atoms with Crippen LogP contribution in [0.15, 0.2) is 66.7 Å². The third-order valence-electron chi connectivity index (χ3n) is 4.23. The van der Waals surface area contributed by atoms with Crippen LogP contribution in [0.2, 0.25) is 0 Å². The molecule has 128 valence electrons. The third kappa shape index (κ3) is 4.57. The summed E-state index contributed by atoms with van der Waals surface area (Å²) in [6, 6.07) is 25.4. The van der Waals surface area contributed by atoms with Gasteiger partial charge in [0.2, 0.25) is 11.4 Å². The van der Waals surface area contributed by atoms with E-state index in [2.05, 4.69) is 16.7 Å². The van der Waals surface area contributed by atoms with Gasteiger partial charge in [0.15, 0.2) is 0 Å². The average Bonchev–Trinajstić information content (AvgIpc) is 2.72. The highest BCUT2D eigenvalue weighted by Crippen LogP contribution is 2.11. The molecule has 0 saturated heterocycles. The molecule has 3 heteroatoms. The van der Waals surface area contributed by atoms with Crippen molar-refractivity contribution in [1.29, 1.82) is 10.5 Å². The zero-order chi connectivity index (χ0) is 19.1. The van der Waals surface area contributed by atoms with Crippen molar-refractivity contribution in [1.82, 2.24) is 0 Å². The molecule has 0 spiro atoms. The molecule has 1 heterocycles. The van der Waals surface area contributed by atoms with Gasteiger partial charge in [0.1, 0.15) is 7.05 Å². The second-order valence-electron chi connectivity index (χ2n) is 6.08. The predicted octanol–water partition coefficient (Wildman–Crippen LogP) is 4.60. The molecule has 0 saturated carbocycles. The van der Waals surface area contributed by atoms with E-state index in [1.54, 1.807) is 12.1 Å². The average molecular weight is 348 g/mol. The smallest absolute Gasteiger partial charge is 0.195 e. The number of aromatic nitrogens is 1.